The van der Waals surface area contributed by atoms with Crippen LogP contribution in [0.25, 0.3) is 0 Å². The Kier molecular flexibility index (Phi) is 5.97. The Morgan fingerprint density at radius 1 is 1.38 bits per heavy atom. The van der Waals surface area contributed by atoms with Gasteiger partial charge in [-0.25, -0.2) is 0 Å². The van der Waals surface area contributed by atoms with Gasteiger partial charge in [-0.15, -0.1) is 5.16 Å². The molecule has 2 N–H and O–H groups in total. The summed E-state index contributed by atoms with van der Waals surface area (Å²) in [5, 5.41) is 18.9. The molecule has 0 radical (unpaired) electrons. The molecule has 0 fully saturated rings. The number of rotatable bonds is 4. The van der Waals surface area contributed by atoms with Crippen molar-refractivity contribution >= 4 is 6.21 Å². The topological polar surface area (TPSA) is 52.8 Å². The average molecular weight is 117 g/mol. The minimum Gasteiger partial charge on any atom is -0.411 e. The smallest absolute Gasteiger partial charge is 0.0435 e. The van der Waals surface area contributed by atoms with E-state index in [1.807, 2.05) is 0 Å². The molecule has 0 saturated heterocycles. The molecule has 0 saturated carbocycles. The monoisotopic (exact) mass is 117 g/mol. The molecular weight excluding hydrogens is 106 g/mol. The van der Waals surface area contributed by atoms with Crippen LogP contribution in [-0.2, 0) is 0 Å². The van der Waals surface area contributed by atoms with Crippen LogP contribution in [0, 0.1) is 0 Å². The molecule has 0 unspecified atom stereocenters. The van der Waals surface area contributed by atoms with Crippen LogP contribution < -0.4 is 0 Å². The lowest BCUT2D eigenvalue weighted by molar-refractivity contribution is 0.285. The van der Waals surface area contributed by atoms with Gasteiger partial charge in [0.2, 0.25) is 0 Å². The van der Waals surface area contributed by atoms with Crippen LogP contribution >= 0.6 is 0 Å². The van der Waals surface area contributed by atoms with E-state index in [1.54, 1.807) is 0 Å². The summed E-state index contributed by atoms with van der Waals surface area (Å²) in [6.45, 7) is 0.221. The summed E-state index contributed by atoms with van der Waals surface area (Å²) in [6.07, 6.45) is 3.85. The Balaban J connectivity index is 2.72. The van der Waals surface area contributed by atoms with E-state index in [1.165, 1.54) is 6.21 Å². The van der Waals surface area contributed by atoms with Crippen molar-refractivity contribution in [1.29, 1.82) is 0 Å². The Labute approximate surface area is 48.6 Å². The molecule has 0 aliphatic heterocycles. The molecule has 0 aromatic heterocycles. The van der Waals surface area contributed by atoms with Gasteiger partial charge in [0.1, 0.15) is 0 Å². The van der Waals surface area contributed by atoms with Gasteiger partial charge >= 0.3 is 0 Å². The molecule has 0 atom stereocenters. The predicted molar refractivity (Wildman–Crippen MR) is 31.2 cm³/mol. The van der Waals surface area contributed by atoms with Gasteiger partial charge in [-0.2, -0.15) is 0 Å². The lowest BCUT2D eigenvalue weighted by atomic mass is 10.3. The van der Waals surface area contributed by atoms with Crippen molar-refractivity contribution in [1.82, 2.24) is 0 Å². The molecule has 48 valence electrons. The van der Waals surface area contributed by atoms with Gasteiger partial charge in [-0.1, -0.05) is 0 Å². The first-order valence-corrected chi connectivity index (χ1v) is 2.68. The summed E-state index contributed by atoms with van der Waals surface area (Å²) in [7, 11) is 0. The Bertz CT molecular complexity index is 63.4. The van der Waals surface area contributed by atoms with E-state index < -0.39 is 0 Å². The van der Waals surface area contributed by atoms with Crippen molar-refractivity contribution in [2.45, 2.75) is 19.3 Å². The average Bonchev–Trinajstić information content (AvgIpc) is 1.81. The Hall–Kier alpha value is -0.570. The van der Waals surface area contributed by atoms with Gasteiger partial charge in [0.05, 0.1) is 0 Å². The van der Waals surface area contributed by atoms with Crippen LogP contribution in [0.3, 0.4) is 0 Å². The molecule has 0 spiro atoms. The number of aliphatic hydroxyl groups is 1. The molecule has 3 nitrogen and oxygen atoms in total. The van der Waals surface area contributed by atoms with Crippen LogP contribution in [0.4, 0.5) is 0 Å². The largest absolute Gasteiger partial charge is 0.411 e. The maximum atomic E-state index is 8.26. The number of hydrogen-bond donors (Lipinski definition) is 2. The number of oxime groups is 1. The first-order valence-electron chi connectivity index (χ1n) is 2.68. The number of hydrogen-bond acceptors (Lipinski definition) is 3. The van der Waals surface area contributed by atoms with Crippen LogP contribution in [-0.4, -0.2) is 23.1 Å². The van der Waals surface area contributed by atoms with E-state index in [0.717, 1.165) is 19.3 Å². The van der Waals surface area contributed by atoms with Gasteiger partial charge in [-0.3, -0.25) is 0 Å². The van der Waals surface area contributed by atoms with E-state index in [0.29, 0.717) is 0 Å². The normalized spacial score (nSPS) is 10.6. The number of nitrogens with zero attached hydrogens (tertiary/aromatic N) is 1. The summed E-state index contributed by atoms with van der Waals surface area (Å²) in [6, 6.07) is 0. The van der Waals surface area contributed by atoms with Crippen molar-refractivity contribution < 1.29 is 10.3 Å². The standard InChI is InChI=1S/C5H11NO2/c7-5-3-1-2-4-6-8/h4,7-8H,1-3,5H2/b6-4+. The molecule has 0 bridgehead atoms. The highest BCUT2D eigenvalue weighted by Gasteiger charge is 1.80. The maximum absolute atomic E-state index is 8.26. The van der Waals surface area contributed by atoms with Gasteiger partial charge < -0.3 is 10.3 Å². The highest BCUT2D eigenvalue weighted by atomic mass is 16.4. The first-order chi connectivity index (χ1) is 3.91. The fraction of sp³-hybridized carbons (Fsp3) is 0.800. The van der Waals surface area contributed by atoms with Crippen molar-refractivity contribution in [2.24, 2.45) is 5.16 Å². The van der Waals surface area contributed by atoms with E-state index in [-0.39, 0.29) is 6.61 Å². The Morgan fingerprint density at radius 3 is 2.62 bits per heavy atom. The third kappa shape index (κ3) is 5.43. The zero-order chi connectivity index (χ0) is 6.24. The van der Waals surface area contributed by atoms with E-state index in [9.17, 15) is 0 Å². The van der Waals surface area contributed by atoms with Gasteiger partial charge in [0.15, 0.2) is 0 Å². The third-order valence-electron chi connectivity index (χ3n) is 0.823. The highest BCUT2D eigenvalue weighted by molar-refractivity contribution is 5.55. The van der Waals surface area contributed by atoms with E-state index in [2.05, 4.69) is 5.16 Å². The quantitative estimate of drug-likeness (QED) is 0.245. The summed E-state index contributed by atoms with van der Waals surface area (Å²) in [4.78, 5) is 0. The molecule has 0 heterocycles. The zero-order valence-corrected chi connectivity index (χ0v) is 4.75. The van der Waals surface area contributed by atoms with E-state index in [4.69, 9.17) is 10.3 Å². The van der Waals surface area contributed by atoms with Gasteiger partial charge in [0, 0.05) is 12.8 Å². The first kappa shape index (κ1) is 7.43. The third-order valence-corrected chi connectivity index (χ3v) is 0.823. The molecule has 0 aliphatic rings. The highest BCUT2D eigenvalue weighted by Crippen LogP contribution is 1.89. The number of unbranched alkanes of at least 4 members (excludes halogenated alkanes) is 2. The van der Waals surface area contributed by atoms with Crippen molar-refractivity contribution in [3.05, 3.63) is 0 Å². The summed E-state index contributed by atoms with van der Waals surface area (Å²) in [5.41, 5.74) is 0. The van der Waals surface area contributed by atoms with Crippen molar-refractivity contribution in [3.63, 3.8) is 0 Å². The predicted octanol–water partition coefficient (Wildman–Crippen LogP) is 0.609. The summed E-state index contributed by atoms with van der Waals surface area (Å²) in [5.74, 6) is 0. The van der Waals surface area contributed by atoms with Crippen LogP contribution in [0.15, 0.2) is 5.16 Å². The lowest BCUT2D eigenvalue weighted by Crippen LogP contribution is -1.82. The summed E-state index contributed by atoms with van der Waals surface area (Å²) < 4.78 is 0. The second kappa shape index (κ2) is 6.43. The van der Waals surface area contributed by atoms with Crippen molar-refractivity contribution in [3.8, 4) is 0 Å². The molecular formula is C5H11NO2. The molecule has 0 aromatic carbocycles. The molecule has 8 heavy (non-hydrogen) atoms. The fourth-order valence-electron chi connectivity index (χ4n) is 0.405. The second-order valence-electron chi connectivity index (χ2n) is 1.52. The zero-order valence-electron chi connectivity index (χ0n) is 4.75. The van der Waals surface area contributed by atoms with Crippen LogP contribution in [0.2, 0.25) is 0 Å². The molecule has 3 heteroatoms. The van der Waals surface area contributed by atoms with E-state index >= 15 is 0 Å². The molecule has 0 aromatic rings. The van der Waals surface area contributed by atoms with Crippen LogP contribution in [0.1, 0.15) is 19.3 Å². The number of aliphatic hydroxyl groups excluding tert-OH is 1. The summed E-state index contributed by atoms with van der Waals surface area (Å²) >= 11 is 0. The lowest BCUT2D eigenvalue weighted by Gasteiger charge is -1.87. The maximum Gasteiger partial charge on any atom is 0.0435 e. The van der Waals surface area contributed by atoms with Crippen LogP contribution in [0.5, 0.6) is 0 Å². The Morgan fingerprint density at radius 2 is 2.12 bits per heavy atom. The minimum absolute atomic E-state index is 0.221. The molecule has 0 aliphatic carbocycles. The molecule has 0 rings (SSSR count). The minimum atomic E-state index is 0.221. The molecule has 0 amide bonds. The second-order valence-corrected chi connectivity index (χ2v) is 1.52. The van der Waals surface area contributed by atoms with Crippen molar-refractivity contribution in [2.75, 3.05) is 6.61 Å². The van der Waals surface area contributed by atoms with Gasteiger partial charge in [-0.05, 0) is 19.3 Å². The SMILES string of the molecule is OCCCC/C=N/O. The van der Waals surface area contributed by atoms with Gasteiger partial charge in [0.25, 0.3) is 0 Å². The fourth-order valence-corrected chi connectivity index (χ4v) is 0.405.